The average molecular weight is 254 g/mol. The molecule has 0 saturated heterocycles. The molecule has 0 spiro atoms. The Morgan fingerprint density at radius 1 is 1.62 bits per heavy atom. The summed E-state index contributed by atoms with van der Waals surface area (Å²) >= 11 is 5.49. The van der Waals surface area contributed by atoms with E-state index in [0.717, 1.165) is 6.20 Å². The van der Waals surface area contributed by atoms with Crippen LogP contribution in [-0.4, -0.2) is 17.6 Å². The zero-order chi connectivity index (χ0) is 12.3. The molecule has 0 saturated carbocycles. The standard InChI is InChI=1S/C9H7ClF3NO2/c1-2-16-9(15)5-4(10)3-14-7(6(5)11)8(12)13/h3,8H,2H2,1H3. The number of rotatable bonds is 3. The second-order valence-electron chi connectivity index (χ2n) is 2.70. The molecule has 3 nitrogen and oxygen atoms in total. The van der Waals surface area contributed by atoms with Gasteiger partial charge in [0.25, 0.3) is 6.43 Å². The first-order valence-electron chi connectivity index (χ1n) is 4.28. The third kappa shape index (κ3) is 2.44. The molecule has 0 aromatic carbocycles. The van der Waals surface area contributed by atoms with Gasteiger partial charge in [-0.1, -0.05) is 11.6 Å². The maximum absolute atomic E-state index is 13.4. The van der Waals surface area contributed by atoms with Crippen molar-refractivity contribution in [2.45, 2.75) is 13.3 Å². The Morgan fingerprint density at radius 2 is 2.25 bits per heavy atom. The molecule has 0 radical (unpaired) electrons. The third-order valence-corrected chi connectivity index (χ3v) is 1.97. The van der Waals surface area contributed by atoms with Gasteiger partial charge >= 0.3 is 5.97 Å². The average Bonchev–Trinajstić information content (AvgIpc) is 2.17. The highest BCUT2D eigenvalue weighted by Gasteiger charge is 2.25. The highest BCUT2D eigenvalue weighted by atomic mass is 35.5. The number of nitrogens with zero attached hydrogens (tertiary/aromatic N) is 1. The second kappa shape index (κ2) is 5.16. The van der Waals surface area contributed by atoms with Gasteiger partial charge in [0.15, 0.2) is 5.82 Å². The van der Waals surface area contributed by atoms with E-state index in [4.69, 9.17) is 11.6 Å². The monoisotopic (exact) mass is 253 g/mol. The highest BCUT2D eigenvalue weighted by Crippen LogP contribution is 2.27. The van der Waals surface area contributed by atoms with E-state index in [0.29, 0.717) is 0 Å². The lowest BCUT2D eigenvalue weighted by Crippen LogP contribution is -2.11. The number of carbonyl (C=O) groups excluding carboxylic acids is 1. The van der Waals surface area contributed by atoms with E-state index >= 15 is 0 Å². The number of halogens is 4. The molecule has 88 valence electrons. The Bertz CT molecular complexity index is 412. The van der Waals surface area contributed by atoms with Gasteiger partial charge in [-0.15, -0.1) is 0 Å². The summed E-state index contributed by atoms with van der Waals surface area (Å²) < 4.78 is 42.5. The normalized spacial score (nSPS) is 10.6. The first kappa shape index (κ1) is 12.8. The number of esters is 1. The van der Waals surface area contributed by atoms with Gasteiger partial charge in [0.05, 0.1) is 11.6 Å². The Balaban J connectivity index is 3.26. The minimum Gasteiger partial charge on any atom is -0.462 e. The number of carbonyl (C=O) groups is 1. The zero-order valence-corrected chi connectivity index (χ0v) is 8.89. The molecular weight excluding hydrogens is 247 g/mol. The summed E-state index contributed by atoms with van der Waals surface area (Å²) in [6.45, 7) is 1.49. The first-order chi connectivity index (χ1) is 7.49. The Hall–Kier alpha value is -1.30. The van der Waals surface area contributed by atoms with Crippen molar-refractivity contribution in [3.05, 3.63) is 28.3 Å². The van der Waals surface area contributed by atoms with Crippen LogP contribution in [0.2, 0.25) is 5.02 Å². The first-order valence-corrected chi connectivity index (χ1v) is 4.66. The fraction of sp³-hybridized carbons (Fsp3) is 0.333. The Kier molecular flexibility index (Phi) is 4.12. The Morgan fingerprint density at radius 3 is 2.75 bits per heavy atom. The maximum atomic E-state index is 13.4. The molecule has 1 aromatic heterocycles. The predicted molar refractivity (Wildman–Crippen MR) is 50.1 cm³/mol. The third-order valence-electron chi connectivity index (χ3n) is 1.69. The Labute approximate surface area is 94.2 Å². The second-order valence-corrected chi connectivity index (χ2v) is 3.11. The van der Waals surface area contributed by atoms with Crippen LogP contribution in [-0.2, 0) is 4.74 Å². The van der Waals surface area contributed by atoms with Crippen LogP contribution >= 0.6 is 11.6 Å². The van der Waals surface area contributed by atoms with E-state index in [9.17, 15) is 18.0 Å². The summed E-state index contributed by atoms with van der Waals surface area (Å²) in [5.74, 6) is -2.53. The lowest BCUT2D eigenvalue weighted by atomic mass is 10.2. The fourth-order valence-corrected chi connectivity index (χ4v) is 1.23. The van der Waals surface area contributed by atoms with Crippen LogP contribution in [0, 0.1) is 5.82 Å². The zero-order valence-electron chi connectivity index (χ0n) is 8.14. The fourth-order valence-electron chi connectivity index (χ4n) is 1.02. The van der Waals surface area contributed by atoms with Crippen molar-refractivity contribution < 1.29 is 22.7 Å². The molecule has 0 unspecified atom stereocenters. The summed E-state index contributed by atoms with van der Waals surface area (Å²) in [5.41, 5.74) is -1.83. The molecule has 0 N–H and O–H groups in total. The largest absolute Gasteiger partial charge is 0.462 e. The summed E-state index contributed by atoms with van der Waals surface area (Å²) in [7, 11) is 0. The van der Waals surface area contributed by atoms with Crippen molar-refractivity contribution in [3.8, 4) is 0 Å². The van der Waals surface area contributed by atoms with Crippen molar-refractivity contribution in [1.29, 1.82) is 0 Å². The summed E-state index contributed by atoms with van der Waals surface area (Å²) in [6, 6.07) is 0. The van der Waals surface area contributed by atoms with Crippen molar-refractivity contribution in [1.82, 2.24) is 4.98 Å². The van der Waals surface area contributed by atoms with Gasteiger partial charge in [0.1, 0.15) is 11.3 Å². The number of pyridine rings is 1. The van der Waals surface area contributed by atoms with Crippen LogP contribution in [0.25, 0.3) is 0 Å². The van der Waals surface area contributed by atoms with Crippen LogP contribution < -0.4 is 0 Å². The van der Waals surface area contributed by atoms with Crippen molar-refractivity contribution in [3.63, 3.8) is 0 Å². The quantitative estimate of drug-likeness (QED) is 0.778. The lowest BCUT2D eigenvalue weighted by Gasteiger charge is -2.08. The number of hydrogen-bond donors (Lipinski definition) is 0. The highest BCUT2D eigenvalue weighted by molar-refractivity contribution is 6.33. The van der Waals surface area contributed by atoms with Crippen molar-refractivity contribution in [2.24, 2.45) is 0 Å². The maximum Gasteiger partial charge on any atom is 0.342 e. The number of alkyl halides is 2. The molecule has 0 amide bonds. The number of ether oxygens (including phenoxy) is 1. The van der Waals surface area contributed by atoms with Gasteiger partial charge in [-0.3, -0.25) is 4.98 Å². The number of aromatic nitrogens is 1. The molecule has 0 atom stereocenters. The minimum absolute atomic E-state index is 0.0130. The molecule has 0 aliphatic heterocycles. The van der Waals surface area contributed by atoms with E-state index in [1.807, 2.05) is 0 Å². The summed E-state index contributed by atoms with van der Waals surface area (Å²) in [5, 5.41) is -0.361. The smallest absolute Gasteiger partial charge is 0.342 e. The molecule has 0 aliphatic rings. The summed E-state index contributed by atoms with van der Waals surface area (Å²) in [4.78, 5) is 14.4. The van der Waals surface area contributed by atoms with Gasteiger partial charge in [0.2, 0.25) is 0 Å². The van der Waals surface area contributed by atoms with Crippen molar-refractivity contribution >= 4 is 17.6 Å². The van der Waals surface area contributed by atoms with Crippen LogP contribution in [0.15, 0.2) is 6.20 Å². The van der Waals surface area contributed by atoms with Crippen LogP contribution in [0.4, 0.5) is 13.2 Å². The molecule has 16 heavy (non-hydrogen) atoms. The molecule has 0 aliphatic carbocycles. The molecule has 1 aromatic rings. The van der Waals surface area contributed by atoms with Crippen molar-refractivity contribution in [2.75, 3.05) is 6.61 Å². The predicted octanol–water partition coefficient (Wildman–Crippen LogP) is 2.99. The number of hydrogen-bond acceptors (Lipinski definition) is 3. The lowest BCUT2D eigenvalue weighted by molar-refractivity contribution is 0.0519. The van der Waals surface area contributed by atoms with E-state index < -0.39 is 29.5 Å². The van der Waals surface area contributed by atoms with E-state index in [-0.39, 0.29) is 11.6 Å². The van der Waals surface area contributed by atoms with Crippen LogP contribution in [0.5, 0.6) is 0 Å². The van der Waals surface area contributed by atoms with E-state index in [1.165, 1.54) is 6.92 Å². The van der Waals surface area contributed by atoms with Gasteiger partial charge < -0.3 is 4.74 Å². The molecular formula is C9H7ClF3NO2. The molecule has 7 heteroatoms. The van der Waals surface area contributed by atoms with Gasteiger partial charge in [0, 0.05) is 6.20 Å². The van der Waals surface area contributed by atoms with E-state index in [2.05, 4.69) is 9.72 Å². The van der Waals surface area contributed by atoms with Crippen LogP contribution in [0.1, 0.15) is 29.4 Å². The SMILES string of the molecule is CCOC(=O)c1c(Cl)cnc(C(F)F)c1F. The molecule has 1 rings (SSSR count). The topological polar surface area (TPSA) is 39.2 Å². The van der Waals surface area contributed by atoms with Gasteiger partial charge in [-0.05, 0) is 6.92 Å². The minimum atomic E-state index is -3.12. The van der Waals surface area contributed by atoms with Crippen LogP contribution in [0.3, 0.4) is 0 Å². The molecule has 0 fully saturated rings. The molecule has 1 heterocycles. The van der Waals surface area contributed by atoms with Gasteiger partial charge in [-0.2, -0.15) is 0 Å². The van der Waals surface area contributed by atoms with E-state index in [1.54, 1.807) is 0 Å². The molecule has 0 bridgehead atoms. The van der Waals surface area contributed by atoms with Gasteiger partial charge in [-0.25, -0.2) is 18.0 Å². The summed E-state index contributed by atoms with van der Waals surface area (Å²) in [6.07, 6.45) is -2.33.